The van der Waals surface area contributed by atoms with E-state index in [1.165, 1.54) is 11.1 Å². The number of hydrogen-bond acceptors (Lipinski definition) is 3. The summed E-state index contributed by atoms with van der Waals surface area (Å²) >= 11 is 0. The first kappa shape index (κ1) is 20.7. The van der Waals surface area contributed by atoms with Crippen LogP contribution in [0.3, 0.4) is 0 Å². The first-order valence-electron chi connectivity index (χ1n) is 9.94. The first-order chi connectivity index (χ1) is 13.9. The van der Waals surface area contributed by atoms with Crippen LogP contribution in [0.2, 0.25) is 0 Å². The summed E-state index contributed by atoms with van der Waals surface area (Å²) in [5, 5.41) is 0. The van der Waals surface area contributed by atoms with Crippen LogP contribution in [-0.4, -0.2) is 13.1 Å². The van der Waals surface area contributed by atoms with Gasteiger partial charge >= 0.3 is 5.97 Å². The summed E-state index contributed by atoms with van der Waals surface area (Å²) in [6.45, 7) is 6.73. The van der Waals surface area contributed by atoms with Gasteiger partial charge in [-0.2, -0.15) is 0 Å². The second-order valence-electron chi connectivity index (χ2n) is 7.94. The first-order valence-corrected chi connectivity index (χ1v) is 9.94. The average Bonchev–Trinajstić information content (AvgIpc) is 2.74. The quantitative estimate of drug-likeness (QED) is 0.354. The summed E-state index contributed by atoms with van der Waals surface area (Å²) in [5.74, 6) is 1.57. The summed E-state index contributed by atoms with van der Waals surface area (Å²) < 4.78 is 10.8. The van der Waals surface area contributed by atoms with E-state index in [-0.39, 0.29) is 11.4 Å². The molecule has 0 amide bonds. The Morgan fingerprint density at radius 3 is 1.83 bits per heavy atom. The molecular formula is C26H28O3. The second kappa shape index (κ2) is 8.95. The standard InChI is InChI=1S/C26H28O3/c1-19(2)18-26(3,21-10-14-23(28-4)15-11-21)22-12-16-24(17-13-22)29-25(27)20-8-6-5-7-9-20/h5-17,19H,18H2,1-4H3. The molecule has 0 saturated heterocycles. The van der Waals surface area contributed by atoms with Crippen molar-refractivity contribution in [1.82, 2.24) is 0 Å². The van der Waals surface area contributed by atoms with Gasteiger partial charge in [-0.3, -0.25) is 0 Å². The number of methoxy groups -OCH3 is 1. The number of rotatable bonds is 7. The third kappa shape index (κ3) is 4.86. The summed E-state index contributed by atoms with van der Waals surface area (Å²) in [5.41, 5.74) is 2.82. The molecule has 3 aromatic carbocycles. The van der Waals surface area contributed by atoms with Gasteiger partial charge in [-0.25, -0.2) is 4.79 Å². The molecule has 0 radical (unpaired) electrons. The number of esters is 1. The molecule has 0 aliphatic carbocycles. The lowest BCUT2D eigenvalue weighted by molar-refractivity contribution is 0.0734. The number of carbonyl (C=O) groups is 1. The fraction of sp³-hybridized carbons (Fsp3) is 0.269. The molecule has 0 N–H and O–H groups in total. The van der Waals surface area contributed by atoms with E-state index < -0.39 is 0 Å². The van der Waals surface area contributed by atoms with Crippen LogP contribution in [0, 0.1) is 5.92 Å². The molecule has 3 nitrogen and oxygen atoms in total. The van der Waals surface area contributed by atoms with Crippen molar-refractivity contribution in [3.05, 3.63) is 95.6 Å². The molecule has 1 atom stereocenters. The van der Waals surface area contributed by atoms with Crippen LogP contribution >= 0.6 is 0 Å². The van der Waals surface area contributed by atoms with Crippen molar-refractivity contribution in [3.8, 4) is 11.5 Å². The molecule has 0 aliphatic rings. The molecule has 29 heavy (non-hydrogen) atoms. The van der Waals surface area contributed by atoms with E-state index in [0.29, 0.717) is 17.2 Å². The number of benzene rings is 3. The number of hydrogen-bond donors (Lipinski definition) is 0. The van der Waals surface area contributed by atoms with Crippen molar-refractivity contribution in [1.29, 1.82) is 0 Å². The zero-order chi connectivity index (χ0) is 20.9. The highest BCUT2D eigenvalue weighted by Gasteiger charge is 2.30. The van der Waals surface area contributed by atoms with Gasteiger partial charge in [-0.15, -0.1) is 0 Å². The van der Waals surface area contributed by atoms with E-state index in [4.69, 9.17) is 9.47 Å². The summed E-state index contributed by atoms with van der Waals surface area (Å²) in [6, 6.07) is 25.2. The molecule has 1 unspecified atom stereocenters. The van der Waals surface area contributed by atoms with E-state index in [9.17, 15) is 4.79 Å². The molecule has 150 valence electrons. The minimum Gasteiger partial charge on any atom is -0.497 e. The SMILES string of the molecule is COc1ccc(C(C)(CC(C)C)c2ccc(OC(=O)c3ccccc3)cc2)cc1. The largest absolute Gasteiger partial charge is 0.497 e. The molecule has 3 heteroatoms. The van der Waals surface area contributed by atoms with Gasteiger partial charge in [0, 0.05) is 5.41 Å². The molecule has 0 fully saturated rings. The average molecular weight is 389 g/mol. The Labute approximate surface area is 173 Å². The van der Waals surface area contributed by atoms with Crippen LogP contribution in [0.4, 0.5) is 0 Å². The Morgan fingerprint density at radius 2 is 1.34 bits per heavy atom. The van der Waals surface area contributed by atoms with Crippen molar-refractivity contribution in [2.75, 3.05) is 7.11 Å². The van der Waals surface area contributed by atoms with E-state index in [0.717, 1.165) is 12.2 Å². The van der Waals surface area contributed by atoms with Crippen molar-refractivity contribution < 1.29 is 14.3 Å². The molecule has 0 aliphatic heterocycles. The molecule has 0 aromatic heterocycles. The van der Waals surface area contributed by atoms with Crippen molar-refractivity contribution in [2.45, 2.75) is 32.6 Å². The van der Waals surface area contributed by atoms with Gasteiger partial charge in [0.25, 0.3) is 0 Å². The Morgan fingerprint density at radius 1 is 0.828 bits per heavy atom. The fourth-order valence-electron chi connectivity index (χ4n) is 3.81. The zero-order valence-electron chi connectivity index (χ0n) is 17.5. The van der Waals surface area contributed by atoms with Gasteiger partial charge in [0.1, 0.15) is 11.5 Å². The minimum atomic E-state index is -0.349. The Bertz CT molecular complexity index is 928. The van der Waals surface area contributed by atoms with E-state index in [1.807, 2.05) is 42.5 Å². The Kier molecular flexibility index (Phi) is 6.38. The highest BCUT2D eigenvalue weighted by Crippen LogP contribution is 2.39. The number of ether oxygens (including phenoxy) is 2. The molecule has 3 rings (SSSR count). The predicted molar refractivity (Wildman–Crippen MR) is 117 cm³/mol. The maximum absolute atomic E-state index is 12.3. The molecule has 0 spiro atoms. The molecular weight excluding hydrogens is 360 g/mol. The van der Waals surface area contributed by atoms with Gasteiger partial charge in [0.15, 0.2) is 0 Å². The molecule has 0 heterocycles. The fourth-order valence-corrected chi connectivity index (χ4v) is 3.81. The maximum Gasteiger partial charge on any atom is 0.343 e. The minimum absolute atomic E-state index is 0.150. The third-order valence-corrected chi connectivity index (χ3v) is 5.26. The zero-order valence-corrected chi connectivity index (χ0v) is 17.5. The maximum atomic E-state index is 12.3. The third-order valence-electron chi connectivity index (χ3n) is 5.26. The molecule has 0 saturated carbocycles. The van der Waals surface area contributed by atoms with E-state index in [1.54, 1.807) is 19.2 Å². The lowest BCUT2D eigenvalue weighted by Gasteiger charge is -2.33. The van der Waals surface area contributed by atoms with E-state index in [2.05, 4.69) is 45.0 Å². The smallest absolute Gasteiger partial charge is 0.343 e. The van der Waals surface area contributed by atoms with Gasteiger partial charge in [-0.05, 0) is 59.9 Å². The van der Waals surface area contributed by atoms with Crippen LogP contribution in [0.5, 0.6) is 11.5 Å². The van der Waals surface area contributed by atoms with Crippen LogP contribution in [0.1, 0.15) is 48.7 Å². The lowest BCUT2D eigenvalue weighted by Crippen LogP contribution is -2.25. The normalized spacial score (nSPS) is 13.0. The van der Waals surface area contributed by atoms with Crippen LogP contribution < -0.4 is 9.47 Å². The van der Waals surface area contributed by atoms with Crippen LogP contribution in [-0.2, 0) is 5.41 Å². The van der Waals surface area contributed by atoms with Gasteiger partial charge in [-0.1, -0.05) is 63.2 Å². The molecule has 3 aromatic rings. The highest BCUT2D eigenvalue weighted by molar-refractivity contribution is 5.90. The second-order valence-corrected chi connectivity index (χ2v) is 7.94. The van der Waals surface area contributed by atoms with Crippen molar-refractivity contribution >= 4 is 5.97 Å². The number of carbonyl (C=O) groups excluding carboxylic acids is 1. The topological polar surface area (TPSA) is 35.5 Å². The van der Waals surface area contributed by atoms with Gasteiger partial charge in [0.05, 0.1) is 12.7 Å². The van der Waals surface area contributed by atoms with E-state index >= 15 is 0 Å². The Hall–Kier alpha value is -3.07. The van der Waals surface area contributed by atoms with Crippen molar-refractivity contribution in [3.63, 3.8) is 0 Å². The van der Waals surface area contributed by atoms with Crippen LogP contribution in [0.15, 0.2) is 78.9 Å². The van der Waals surface area contributed by atoms with Crippen LogP contribution in [0.25, 0.3) is 0 Å². The lowest BCUT2D eigenvalue weighted by atomic mass is 9.71. The van der Waals surface area contributed by atoms with Gasteiger partial charge in [0.2, 0.25) is 0 Å². The van der Waals surface area contributed by atoms with Gasteiger partial charge < -0.3 is 9.47 Å². The summed E-state index contributed by atoms with van der Waals surface area (Å²) in [7, 11) is 1.68. The predicted octanol–water partition coefficient (Wildman–Crippen LogP) is 6.27. The molecule has 0 bridgehead atoms. The highest BCUT2D eigenvalue weighted by atomic mass is 16.5. The summed E-state index contributed by atoms with van der Waals surface area (Å²) in [6.07, 6.45) is 1.00. The van der Waals surface area contributed by atoms with Crippen molar-refractivity contribution in [2.24, 2.45) is 5.92 Å². The monoisotopic (exact) mass is 388 g/mol. The Balaban J connectivity index is 1.86. The summed E-state index contributed by atoms with van der Waals surface area (Å²) in [4.78, 5) is 12.3.